The maximum Gasteiger partial charge on any atom is 0.329 e. The van der Waals surface area contributed by atoms with Crippen LogP contribution in [0.25, 0.3) is 10.2 Å². The van der Waals surface area contributed by atoms with Crippen molar-refractivity contribution in [1.82, 2.24) is 10.3 Å². The molecule has 32 heavy (non-hydrogen) atoms. The molecule has 3 N–H and O–H groups in total. The van der Waals surface area contributed by atoms with Crippen molar-refractivity contribution in [2.75, 3.05) is 11.1 Å². The first-order chi connectivity index (χ1) is 15.4. The maximum atomic E-state index is 12.9. The van der Waals surface area contributed by atoms with Gasteiger partial charge in [0.05, 0.1) is 10.2 Å². The van der Waals surface area contributed by atoms with Crippen LogP contribution in [-0.2, 0) is 20.8 Å². The number of amides is 2. The Hall–Kier alpha value is -3.24. The molecule has 0 radical (unpaired) electrons. The average molecular weight is 469 g/mol. The predicted molar refractivity (Wildman–Crippen MR) is 126 cm³/mol. The zero-order valence-corrected chi connectivity index (χ0v) is 18.7. The molecule has 0 spiro atoms. The number of thioether (sulfide) groups is 1. The minimum absolute atomic E-state index is 0.280. The van der Waals surface area contributed by atoms with E-state index in [1.54, 1.807) is 12.1 Å². The molecule has 0 saturated carbocycles. The van der Waals surface area contributed by atoms with E-state index in [0.29, 0.717) is 27.9 Å². The molecule has 2 atom stereocenters. The molecular formula is C22H20N4O4S2. The highest BCUT2D eigenvalue weighted by molar-refractivity contribution is 8.15. The van der Waals surface area contributed by atoms with Crippen molar-refractivity contribution in [1.29, 1.82) is 0 Å². The molecule has 4 rings (SSSR count). The van der Waals surface area contributed by atoms with Crippen LogP contribution in [0.1, 0.15) is 17.5 Å². The summed E-state index contributed by atoms with van der Waals surface area (Å²) in [4.78, 5) is 44.4. The molecule has 10 heteroatoms. The van der Waals surface area contributed by atoms with E-state index < -0.39 is 18.1 Å². The van der Waals surface area contributed by atoms with Crippen LogP contribution in [-0.4, -0.2) is 50.8 Å². The number of nitrogens with zero attached hydrogens (tertiary/aromatic N) is 2. The zero-order chi connectivity index (χ0) is 22.7. The van der Waals surface area contributed by atoms with Gasteiger partial charge in [-0.25, -0.2) is 9.78 Å². The van der Waals surface area contributed by atoms with Gasteiger partial charge >= 0.3 is 5.97 Å². The molecule has 0 bridgehead atoms. The van der Waals surface area contributed by atoms with E-state index in [1.165, 1.54) is 30.0 Å². The van der Waals surface area contributed by atoms with Crippen molar-refractivity contribution in [3.05, 3.63) is 59.1 Å². The number of anilines is 1. The van der Waals surface area contributed by atoms with Gasteiger partial charge in [0.25, 0.3) is 0 Å². The van der Waals surface area contributed by atoms with Gasteiger partial charge in [-0.2, -0.15) is 0 Å². The van der Waals surface area contributed by atoms with Crippen molar-refractivity contribution in [2.24, 2.45) is 4.99 Å². The van der Waals surface area contributed by atoms with Gasteiger partial charge in [0, 0.05) is 24.8 Å². The lowest BCUT2D eigenvalue weighted by atomic mass is 10.1. The topological polar surface area (TPSA) is 121 Å². The summed E-state index contributed by atoms with van der Waals surface area (Å²) in [5, 5.41) is 16.0. The van der Waals surface area contributed by atoms with Gasteiger partial charge in [-0.05, 0) is 23.8 Å². The van der Waals surface area contributed by atoms with Gasteiger partial charge in [-0.3, -0.25) is 14.6 Å². The highest BCUT2D eigenvalue weighted by atomic mass is 32.2. The molecule has 0 fully saturated rings. The Morgan fingerprint density at radius 1 is 1.19 bits per heavy atom. The molecule has 164 valence electrons. The van der Waals surface area contributed by atoms with E-state index in [2.05, 4.69) is 20.6 Å². The first kappa shape index (κ1) is 22.0. The number of hydrogen-bond donors (Lipinski definition) is 3. The number of carboxylic acids is 1. The Morgan fingerprint density at radius 3 is 2.66 bits per heavy atom. The molecule has 1 aliphatic rings. The van der Waals surface area contributed by atoms with Gasteiger partial charge in [0.15, 0.2) is 6.04 Å². The molecule has 2 heterocycles. The summed E-state index contributed by atoms with van der Waals surface area (Å²) >= 11 is 2.77. The van der Waals surface area contributed by atoms with Crippen molar-refractivity contribution >= 4 is 61.8 Å². The summed E-state index contributed by atoms with van der Waals surface area (Å²) in [6.45, 7) is 1.38. The van der Waals surface area contributed by atoms with Crippen LogP contribution >= 0.6 is 23.1 Å². The van der Waals surface area contributed by atoms with Crippen LogP contribution in [0.4, 0.5) is 5.69 Å². The van der Waals surface area contributed by atoms with E-state index in [0.717, 1.165) is 15.8 Å². The molecule has 1 aromatic heterocycles. The summed E-state index contributed by atoms with van der Waals surface area (Å²) in [6, 6.07) is 13.4. The summed E-state index contributed by atoms with van der Waals surface area (Å²) in [6.07, 6.45) is 0.376. The smallest absolute Gasteiger partial charge is 0.329 e. The normalized spacial score (nSPS) is 16.4. The number of carbonyl (C=O) groups excluding carboxylic acids is 2. The Morgan fingerprint density at radius 2 is 1.97 bits per heavy atom. The molecule has 2 amide bonds. The second-order valence-electron chi connectivity index (χ2n) is 7.23. The van der Waals surface area contributed by atoms with Crippen molar-refractivity contribution in [2.45, 2.75) is 25.4 Å². The van der Waals surface area contributed by atoms with Crippen molar-refractivity contribution < 1.29 is 19.5 Å². The third-order valence-corrected chi connectivity index (χ3v) is 6.96. The van der Waals surface area contributed by atoms with E-state index in [-0.39, 0.29) is 11.8 Å². The minimum atomic E-state index is -0.942. The van der Waals surface area contributed by atoms with Crippen molar-refractivity contribution in [3.63, 3.8) is 0 Å². The monoisotopic (exact) mass is 468 g/mol. The zero-order valence-electron chi connectivity index (χ0n) is 17.1. The molecule has 0 saturated heterocycles. The number of carbonyl (C=O) groups is 3. The number of rotatable bonds is 7. The van der Waals surface area contributed by atoms with Crippen LogP contribution in [0.5, 0.6) is 0 Å². The Bertz CT molecular complexity index is 1210. The Balaban J connectivity index is 1.51. The maximum absolute atomic E-state index is 12.9. The van der Waals surface area contributed by atoms with Gasteiger partial charge < -0.3 is 15.7 Å². The fourth-order valence-electron chi connectivity index (χ4n) is 3.25. The largest absolute Gasteiger partial charge is 0.480 e. The lowest BCUT2D eigenvalue weighted by molar-refractivity contribution is -0.137. The molecule has 1 aliphatic heterocycles. The van der Waals surface area contributed by atoms with Crippen LogP contribution in [0.2, 0.25) is 0 Å². The lowest BCUT2D eigenvalue weighted by Crippen LogP contribution is -2.44. The predicted octanol–water partition coefficient (Wildman–Crippen LogP) is 2.93. The second kappa shape index (κ2) is 9.49. The number of thiazole rings is 1. The molecule has 0 unspecified atom stereocenters. The number of aromatic nitrogens is 1. The molecule has 2 aromatic carbocycles. The highest BCUT2D eigenvalue weighted by Crippen LogP contribution is 2.31. The molecule has 0 aliphatic carbocycles. The number of aliphatic carboxylic acids is 1. The van der Waals surface area contributed by atoms with Gasteiger partial charge in [0.2, 0.25) is 11.8 Å². The third kappa shape index (κ3) is 5.14. The van der Waals surface area contributed by atoms with E-state index in [9.17, 15) is 14.4 Å². The summed E-state index contributed by atoms with van der Waals surface area (Å²) in [5.41, 5.74) is 2.27. The summed E-state index contributed by atoms with van der Waals surface area (Å²) in [5.74, 6) is -1.14. The molecule has 8 nitrogen and oxygen atoms in total. The fourth-order valence-corrected chi connectivity index (χ4v) is 5.35. The quantitative estimate of drug-likeness (QED) is 0.490. The van der Waals surface area contributed by atoms with Gasteiger partial charge in [0.1, 0.15) is 16.1 Å². The summed E-state index contributed by atoms with van der Waals surface area (Å²) in [7, 11) is 0. The molecular weight excluding hydrogens is 448 g/mol. The third-order valence-electron chi connectivity index (χ3n) is 4.75. The van der Waals surface area contributed by atoms with Gasteiger partial charge in [-0.15, -0.1) is 23.1 Å². The number of benzene rings is 2. The average Bonchev–Trinajstić information content (AvgIpc) is 3.40. The van der Waals surface area contributed by atoms with Crippen LogP contribution in [0.3, 0.4) is 0 Å². The number of nitrogens with one attached hydrogen (secondary N) is 2. The highest BCUT2D eigenvalue weighted by Gasteiger charge is 2.27. The van der Waals surface area contributed by atoms with Crippen LogP contribution < -0.4 is 10.6 Å². The fraction of sp³-hybridized carbons (Fsp3) is 0.227. The van der Waals surface area contributed by atoms with E-state index in [1.807, 2.05) is 36.4 Å². The van der Waals surface area contributed by atoms with E-state index in [4.69, 9.17) is 5.11 Å². The summed E-state index contributed by atoms with van der Waals surface area (Å²) < 4.78 is 0.846. The SMILES string of the molecule is CC(=O)N[C@@H](Cc1ccccc1)C(=O)Nc1ccc2nc(C3=N[C@@H](C(=O)O)CS3)sc2c1. The standard InChI is InChI=1S/C22H20N4O4S2/c1-12(27)23-16(9-13-5-3-2-4-6-13)19(28)24-14-7-8-15-18(10-14)32-21(25-15)20-26-17(11-31-20)22(29)30/h2-8,10,16-17H,9,11H2,1H3,(H,23,27)(H,24,28)(H,29,30)/t16-,17+/m0/s1. The lowest BCUT2D eigenvalue weighted by Gasteiger charge is -2.18. The number of aliphatic imine (C=N–C) groups is 1. The number of carboxylic acid groups (broad SMARTS) is 1. The number of hydrogen-bond acceptors (Lipinski definition) is 7. The minimum Gasteiger partial charge on any atom is -0.480 e. The second-order valence-corrected chi connectivity index (χ2v) is 9.27. The first-order valence-corrected chi connectivity index (χ1v) is 11.7. The van der Waals surface area contributed by atoms with E-state index >= 15 is 0 Å². The Kier molecular flexibility index (Phi) is 6.52. The Labute approximate surface area is 192 Å². The van der Waals surface area contributed by atoms with Crippen LogP contribution in [0, 0.1) is 0 Å². The van der Waals surface area contributed by atoms with Crippen LogP contribution in [0.15, 0.2) is 53.5 Å². The number of fused-ring (bicyclic) bond motifs is 1. The van der Waals surface area contributed by atoms with Crippen molar-refractivity contribution in [3.8, 4) is 0 Å². The molecule has 3 aromatic rings. The van der Waals surface area contributed by atoms with Gasteiger partial charge in [-0.1, -0.05) is 30.3 Å². The first-order valence-electron chi connectivity index (χ1n) is 9.85.